The molecule has 0 atom stereocenters. The van der Waals surface area contributed by atoms with Crippen LogP contribution in [0.3, 0.4) is 0 Å². The van der Waals surface area contributed by atoms with E-state index in [0.717, 1.165) is 39.4 Å². The number of nitrogens with zero attached hydrogens (tertiary/aromatic N) is 4. The number of hydrogen-bond acceptors (Lipinski definition) is 12. The molecular weight excluding hydrogens is 1200 g/mol. The normalized spacial score (nSPS) is 16.1. The Bertz CT molecular complexity index is 3320. The fraction of sp³-hybridized carbons (Fsp3) is 0.311. The highest BCUT2D eigenvalue weighted by molar-refractivity contribution is 7.94. The fourth-order valence-electron chi connectivity index (χ4n) is 7.75. The Morgan fingerprint density at radius 3 is 1.79 bits per heavy atom. The standard InChI is InChI=1S/C23H21Cl4FN4O4S2.C22H17Cl4FN2O4S2/c1-36-12-32-30-19(7-13-4-5-14(24)8-16(13)25)22-15(3-2-6-31(22)32)18(28)10-29-20(33)11-38(34,35)21-9-17(26)23(27)37-21;23-13-2-1-11(15(24)4-13)3-18-21-12(6-28-18)8-33-9-14(21)17(27)7-29-19(30)10-35(31,32)20-5-16(25)22(26)34-20/h4-5,8-9H,2-3,6-7,10-12H2,1H3;1-2,4-5H,3,6-10H2,(H,29,30)/p+1/b18-15-;17-14-. The van der Waals surface area contributed by atoms with Crippen LogP contribution in [0.2, 0.25) is 38.8 Å². The van der Waals surface area contributed by atoms with E-state index in [2.05, 4.69) is 20.7 Å². The summed E-state index contributed by atoms with van der Waals surface area (Å²) in [4.78, 5) is 30.8. The van der Waals surface area contributed by atoms with Gasteiger partial charge < -0.3 is 20.1 Å². The first-order valence-electron chi connectivity index (χ1n) is 21.4. The van der Waals surface area contributed by atoms with Crippen molar-refractivity contribution in [2.24, 2.45) is 4.99 Å². The molecule has 73 heavy (non-hydrogen) atoms. The fourth-order valence-corrected chi connectivity index (χ4v) is 15.0. The Morgan fingerprint density at radius 1 is 0.753 bits per heavy atom. The van der Waals surface area contributed by atoms with Crippen LogP contribution in [-0.4, -0.2) is 95.7 Å². The summed E-state index contributed by atoms with van der Waals surface area (Å²) in [6, 6.07) is 12.6. The van der Waals surface area contributed by atoms with Crippen LogP contribution in [0.15, 0.2) is 90.3 Å². The molecule has 3 aliphatic heterocycles. The Hall–Kier alpha value is -3.19. The smallest absolute Gasteiger partial charge is 0.235 e. The molecule has 2 N–H and O–H groups in total. The largest absolute Gasteiger partial charge is 0.372 e. The lowest BCUT2D eigenvalue weighted by Crippen LogP contribution is -2.49. The molecule has 0 saturated carbocycles. The van der Waals surface area contributed by atoms with Crippen LogP contribution in [0.25, 0.3) is 5.57 Å². The minimum Gasteiger partial charge on any atom is -0.372 e. The number of rotatable bonds is 16. The zero-order chi connectivity index (χ0) is 52.9. The number of halogens is 10. The van der Waals surface area contributed by atoms with Gasteiger partial charge in [-0.05, 0) is 70.7 Å². The number of carbonyl (C=O) groups excluding carboxylic acids is 2. The van der Waals surface area contributed by atoms with Crippen LogP contribution in [-0.2, 0) is 64.9 Å². The van der Waals surface area contributed by atoms with Crippen molar-refractivity contribution in [3.05, 3.63) is 138 Å². The van der Waals surface area contributed by atoms with Crippen molar-refractivity contribution in [3.8, 4) is 0 Å². The molecule has 0 aliphatic carbocycles. The van der Waals surface area contributed by atoms with Crippen molar-refractivity contribution in [1.29, 1.82) is 0 Å². The molecule has 0 bridgehead atoms. The van der Waals surface area contributed by atoms with Gasteiger partial charge in [-0.1, -0.05) is 105 Å². The van der Waals surface area contributed by atoms with E-state index < -0.39 is 67.7 Å². The van der Waals surface area contributed by atoms with Crippen molar-refractivity contribution >= 4 is 158 Å². The molecule has 0 saturated heterocycles. The van der Waals surface area contributed by atoms with Gasteiger partial charge in [0.2, 0.25) is 23.2 Å². The van der Waals surface area contributed by atoms with Crippen LogP contribution < -0.4 is 15.3 Å². The quantitative estimate of drug-likeness (QED) is 0.0910. The number of amides is 2. The number of carbonyl (C=O) groups is 2. The average Bonchev–Trinajstić information content (AvgIpc) is 4.11. The van der Waals surface area contributed by atoms with Crippen LogP contribution in [0.1, 0.15) is 35.4 Å². The van der Waals surface area contributed by atoms with E-state index in [0.29, 0.717) is 93.7 Å². The number of hydrogen-bond donors (Lipinski definition) is 2. The summed E-state index contributed by atoms with van der Waals surface area (Å²) in [5.74, 6) is -4.67. The number of sulfone groups is 2. The Morgan fingerprint density at radius 2 is 1.29 bits per heavy atom. The van der Waals surface area contributed by atoms with Gasteiger partial charge in [-0.15, -0.1) is 22.7 Å². The summed E-state index contributed by atoms with van der Waals surface area (Å²) in [5.41, 5.74) is 5.51. The molecule has 28 heteroatoms. The van der Waals surface area contributed by atoms with Gasteiger partial charge in [0.05, 0.1) is 42.9 Å². The second kappa shape index (κ2) is 24.9. The molecule has 8 rings (SSSR count). The third kappa shape index (κ3) is 14.3. The van der Waals surface area contributed by atoms with Crippen molar-refractivity contribution in [2.45, 2.75) is 47.4 Å². The third-order valence-electron chi connectivity index (χ3n) is 11.1. The number of allylic oxidation sites excluding steroid dienone is 1. The van der Waals surface area contributed by atoms with Crippen molar-refractivity contribution in [3.63, 3.8) is 0 Å². The maximum absolute atomic E-state index is 15.5. The molecule has 3 aromatic heterocycles. The number of methoxy groups -OCH3 is 1. The van der Waals surface area contributed by atoms with Crippen LogP contribution in [0, 0.1) is 0 Å². The molecule has 14 nitrogen and oxygen atoms in total. The number of thiophene rings is 2. The highest BCUT2D eigenvalue weighted by Gasteiger charge is 2.35. The topological polar surface area (TPSA) is 179 Å². The van der Waals surface area contributed by atoms with Crippen molar-refractivity contribution in [2.75, 3.05) is 51.5 Å². The van der Waals surface area contributed by atoms with Gasteiger partial charge in [-0.2, -0.15) is 4.68 Å². The van der Waals surface area contributed by atoms with E-state index in [1.807, 2.05) is 4.68 Å². The number of aromatic nitrogens is 3. The Kier molecular flexibility index (Phi) is 19.6. The Labute approximate surface area is 466 Å². The number of fused-ring (bicyclic) bond motifs is 1. The van der Waals surface area contributed by atoms with Gasteiger partial charge >= 0.3 is 0 Å². The molecular formula is C45H39Cl8F2N6O8S4+. The molecule has 390 valence electrons. The van der Waals surface area contributed by atoms with Gasteiger partial charge in [-0.25, -0.2) is 25.6 Å². The van der Waals surface area contributed by atoms with Gasteiger partial charge in [-0.3, -0.25) is 14.6 Å². The molecule has 0 fully saturated rings. The summed E-state index contributed by atoms with van der Waals surface area (Å²) in [6.07, 6.45) is 1.74. The lowest BCUT2D eigenvalue weighted by molar-refractivity contribution is -0.787. The molecule has 2 amide bonds. The molecule has 0 radical (unpaired) electrons. The van der Waals surface area contributed by atoms with Gasteiger partial charge in [0, 0.05) is 67.6 Å². The summed E-state index contributed by atoms with van der Waals surface area (Å²) < 4.78 is 93.2. The predicted molar refractivity (Wildman–Crippen MR) is 283 cm³/mol. The van der Waals surface area contributed by atoms with E-state index in [-0.39, 0.29) is 46.0 Å². The molecule has 6 heterocycles. The van der Waals surface area contributed by atoms with E-state index >= 15 is 8.78 Å². The van der Waals surface area contributed by atoms with Crippen LogP contribution in [0.4, 0.5) is 8.78 Å². The third-order valence-corrected chi connectivity index (χ3v) is 20.3. The second-order valence-corrected chi connectivity index (χ2v) is 26.4. The number of ether oxygens (including phenoxy) is 2. The average molecular weight is 1240 g/mol. The molecule has 3 aliphatic rings. The van der Waals surface area contributed by atoms with E-state index in [1.54, 1.807) is 41.2 Å². The molecule has 5 aromatic rings. The second-order valence-electron chi connectivity index (χ2n) is 16.2. The van der Waals surface area contributed by atoms with Crippen LogP contribution in [0.5, 0.6) is 0 Å². The molecule has 0 spiro atoms. The highest BCUT2D eigenvalue weighted by Crippen LogP contribution is 2.37. The minimum atomic E-state index is -3.99. The summed E-state index contributed by atoms with van der Waals surface area (Å²) in [6.45, 7) is 0.470. The monoisotopic (exact) mass is 1240 g/mol. The van der Waals surface area contributed by atoms with Gasteiger partial charge in [0.15, 0.2) is 26.4 Å². The SMILES string of the molecule is COCn1nc(Cc2ccc(Cl)cc2Cl)c2[n+]1CCC/C2=C(/F)CNC(=O)CS(=O)(=O)c1cc(Cl)c(Cl)s1.O=C(CS(=O)(=O)c1cc(Cl)c(Cl)s1)NC/C(F)=C1\COCC2=C1C(Cc1ccc(Cl)cc1Cl)=NC2. The zero-order valence-corrected chi connectivity index (χ0v) is 47.1. The van der Waals surface area contributed by atoms with Crippen molar-refractivity contribution < 1.29 is 49.4 Å². The van der Waals surface area contributed by atoms with Crippen molar-refractivity contribution in [1.82, 2.24) is 20.5 Å². The van der Waals surface area contributed by atoms with E-state index in [4.69, 9.17) is 102 Å². The summed E-state index contributed by atoms with van der Waals surface area (Å²) in [7, 11) is -6.43. The van der Waals surface area contributed by atoms with E-state index in [1.165, 1.54) is 19.2 Å². The number of benzene rings is 2. The Balaban J connectivity index is 0.000000214. The van der Waals surface area contributed by atoms with Crippen LogP contribution >= 0.6 is 115 Å². The minimum absolute atomic E-state index is 0.00159. The zero-order valence-electron chi connectivity index (χ0n) is 37.8. The first-order valence-corrected chi connectivity index (χ1v) is 29.4. The van der Waals surface area contributed by atoms with E-state index in [9.17, 15) is 26.4 Å². The lowest BCUT2D eigenvalue weighted by atomic mass is 9.92. The predicted octanol–water partition coefficient (Wildman–Crippen LogP) is 10.6. The number of aliphatic imine (C=N–C) groups is 1. The number of nitrogens with one attached hydrogen (secondary N) is 2. The van der Waals surface area contributed by atoms with Gasteiger partial charge in [0.25, 0.3) is 0 Å². The maximum Gasteiger partial charge on any atom is 0.235 e. The molecule has 2 aromatic carbocycles. The summed E-state index contributed by atoms with van der Waals surface area (Å²) in [5, 5.41) is 11.4. The molecule has 0 unspecified atom stereocenters. The summed E-state index contributed by atoms with van der Waals surface area (Å²) >= 11 is 49.5. The highest BCUT2D eigenvalue weighted by atomic mass is 35.5. The maximum atomic E-state index is 15.5. The van der Waals surface area contributed by atoms with Gasteiger partial charge in [0.1, 0.15) is 46.8 Å². The lowest BCUT2D eigenvalue weighted by Gasteiger charge is -2.21. The first kappa shape index (κ1) is 57.5. The first-order chi connectivity index (χ1) is 34.5.